The van der Waals surface area contributed by atoms with Crippen molar-refractivity contribution in [3.63, 3.8) is 0 Å². The standard InChI is InChI=1S/C11H14O/c12-8-11-7-10(11)6-9-4-2-1-3-5-9/h1-5,10-12H,6-8H2. The number of hydrogen-bond donors (Lipinski definition) is 1. The molecule has 0 saturated heterocycles. The van der Waals surface area contributed by atoms with Gasteiger partial charge in [0.05, 0.1) is 0 Å². The maximum Gasteiger partial charge on any atom is 0.0462 e. The van der Waals surface area contributed by atoms with Gasteiger partial charge in [0.2, 0.25) is 0 Å². The van der Waals surface area contributed by atoms with Gasteiger partial charge < -0.3 is 5.11 Å². The zero-order chi connectivity index (χ0) is 8.39. The van der Waals surface area contributed by atoms with Crippen molar-refractivity contribution in [3.05, 3.63) is 35.9 Å². The first kappa shape index (κ1) is 7.81. The van der Waals surface area contributed by atoms with Gasteiger partial charge in [0.25, 0.3) is 0 Å². The van der Waals surface area contributed by atoms with Crippen LogP contribution in [0.2, 0.25) is 0 Å². The molecule has 1 N–H and O–H groups in total. The lowest BCUT2D eigenvalue weighted by molar-refractivity contribution is 0.268. The molecule has 64 valence electrons. The van der Waals surface area contributed by atoms with E-state index in [1.807, 2.05) is 6.07 Å². The zero-order valence-corrected chi connectivity index (χ0v) is 7.11. The van der Waals surface area contributed by atoms with E-state index in [1.54, 1.807) is 0 Å². The topological polar surface area (TPSA) is 20.2 Å². The molecule has 1 nitrogen and oxygen atoms in total. The van der Waals surface area contributed by atoms with Crippen LogP contribution in [0, 0.1) is 11.8 Å². The molecule has 2 rings (SSSR count). The summed E-state index contributed by atoms with van der Waals surface area (Å²) in [5, 5.41) is 8.85. The summed E-state index contributed by atoms with van der Waals surface area (Å²) in [5.41, 5.74) is 1.40. The predicted octanol–water partition coefficient (Wildman–Crippen LogP) is 1.86. The first-order valence-corrected chi connectivity index (χ1v) is 4.55. The minimum absolute atomic E-state index is 0.373. The van der Waals surface area contributed by atoms with Crippen LogP contribution in [0.4, 0.5) is 0 Å². The Balaban J connectivity index is 1.89. The molecule has 1 aromatic carbocycles. The molecule has 12 heavy (non-hydrogen) atoms. The van der Waals surface area contributed by atoms with Crippen LogP contribution in [0.5, 0.6) is 0 Å². The summed E-state index contributed by atoms with van der Waals surface area (Å²) in [7, 11) is 0. The second kappa shape index (κ2) is 3.28. The fourth-order valence-electron chi connectivity index (χ4n) is 1.70. The molecule has 2 atom stereocenters. The van der Waals surface area contributed by atoms with E-state index in [0.29, 0.717) is 12.5 Å². The number of benzene rings is 1. The molecule has 0 aliphatic heterocycles. The van der Waals surface area contributed by atoms with Crippen molar-refractivity contribution in [3.8, 4) is 0 Å². The number of hydrogen-bond acceptors (Lipinski definition) is 1. The normalized spacial score (nSPS) is 27.1. The highest BCUT2D eigenvalue weighted by molar-refractivity contribution is 5.16. The van der Waals surface area contributed by atoms with Gasteiger partial charge in [-0.1, -0.05) is 30.3 Å². The van der Waals surface area contributed by atoms with E-state index in [-0.39, 0.29) is 0 Å². The second-order valence-electron chi connectivity index (χ2n) is 3.63. The molecule has 2 unspecified atom stereocenters. The zero-order valence-electron chi connectivity index (χ0n) is 7.11. The van der Waals surface area contributed by atoms with Gasteiger partial charge in [0, 0.05) is 6.61 Å². The third-order valence-electron chi connectivity index (χ3n) is 2.64. The minimum Gasteiger partial charge on any atom is -0.396 e. The van der Waals surface area contributed by atoms with E-state index >= 15 is 0 Å². The first-order valence-electron chi connectivity index (χ1n) is 4.55. The second-order valence-corrected chi connectivity index (χ2v) is 3.63. The predicted molar refractivity (Wildman–Crippen MR) is 48.8 cm³/mol. The molecule has 0 spiro atoms. The van der Waals surface area contributed by atoms with Crippen LogP contribution >= 0.6 is 0 Å². The molecule has 0 heterocycles. The van der Waals surface area contributed by atoms with Crippen molar-refractivity contribution in [2.24, 2.45) is 11.8 Å². The lowest BCUT2D eigenvalue weighted by atomic mass is 10.1. The van der Waals surface area contributed by atoms with Crippen LogP contribution in [-0.4, -0.2) is 11.7 Å². The van der Waals surface area contributed by atoms with Gasteiger partial charge in [0.1, 0.15) is 0 Å². The highest BCUT2D eigenvalue weighted by Gasteiger charge is 2.35. The van der Waals surface area contributed by atoms with Crippen molar-refractivity contribution in [1.82, 2.24) is 0 Å². The Bertz CT molecular complexity index is 242. The number of aliphatic hydroxyl groups excluding tert-OH is 1. The van der Waals surface area contributed by atoms with Crippen LogP contribution in [-0.2, 0) is 6.42 Å². The SMILES string of the molecule is OCC1CC1Cc1ccccc1. The van der Waals surface area contributed by atoms with Crippen molar-refractivity contribution >= 4 is 0 Å². The summed E-state index contributed by atoms with van der Waals surface area (Å²) in [4.78, 5) is 0. The fourth-order valence-corrected chi connectivity index (χ4v) is 1.70. The molecule has 0 amide bonds. The van der Waals surface area contributed by atoms with E-state index in [1.165, 1.54) is 12.0 Å². The molecule has 1 fully saturated rings. The van der Waals surface area contributed by atoms with Crippen LogP contribution in [0.25, 0.3) is 0 Å². The third-order valence-corrected chi connectivity index (χ3v) is 2.64. The summed E-state index contributed by atoms with van der Waals surface area (Å²) in [6.07, 6.45) is 2.36. The summed E-state index contributed by atoms with van der Waals surface area (Å²) in [6.45, 7) is 0.373. The summed E-state index contributed by atoms with van der Waals surface area (Å²) >= 11 is 0. The number of rotatable bonds is 3. The molecule has 1 aromatic rings. The monoisotopic (exact) mass is 162 g/mol. The Morgan fingerprint density at radius 1 is 1.17 bits per heavy atom. The molecule has 1 heteroatoms. The average molecular weight is 162 g/mol. The molecule has 1 saturated carbocycles. The number of aliphatic hydroxyl groups is 1. The van der Waals surface area contributed by atoms with Gasteiger partial charge in [-0.25, -0.2) is 0 Å². The highest BCUT2D eigenvalue weighted by Crippen LogP contribution is 2.40. The van der Waals surface area contributed by atoms with E-state index in [4.69, 9.17) is 5.11 Å². The van der Waals surface area contributed by atoms with Crippen LogP contribution in [0.1, 0.15) is 12.0 Å². The first-order chi connectivity index (χ1) is 5.90. The smallest absolute Gasteiger partial charge is 0.0462 e. The van der Waals surface area contributed by atoms with Crippen molar-refractivity contribution in [2.75, 3.05) is 6.61 Å². The van der Waals surface area contributed by atoms with Gasteiger partial charge in [-0.2, -0.15) is 0 Å². The Kier molecular flexibility index (Phi) is 2.13. The summed E-state index contributed by atoms with van der Waals surface area (Å²) in [6, 6.07) is 10.5. The largest absolute Gasteiger partial charge is 0.396 e. The van der Waals surface area contributed by atoms with E-state index in [9.17, 15) is 0 Å². The van der Waals surface area contributed by atoms with Gasteiger partial charge >= 0.3 is 0 Å². The minimum atomic E-state index is 0.373. The molecule has 1 aliphatic rings. The molecular weight excluding hydrogens is 148 g/mol. The molecule has 0 aromatic heterocycles. The molecule has 1 aliphatic carbocycles. The van der Waals surface area contributed by atoms with Gasteiger partial charge in [-0.3, -0.25) is 0 Å². The van der Waals surface area contributed by atoms with Gasteiger partial charge in [0.15, 0.2) is 0 Å². The Hall–Kier alpha value is -0.820. The molecule has 0 bridgehead atoms. The lowest BCUT2D eigenvalue weighted by Gasteiger charge is -1.98. The Labute approximate surface area is 73.0 Å². The van der Waals surface area contributed by atoms with E-state index in [2.05, 4.69) is 24.3 Å². The fraction of sp³-hybridized carbons (Fsp3) is 0.455. The average Bonchev–Trinajstić information content (AvgIpc) is 2.85. The maximum atomic E-state index is 8.85. The van der Waals surface area contributed by atoms with Crippen LogP contribution in [0.3, 0.4) is 0 Å². The van der Waals surface area contributed by atoms with Gasteiger partial charge in [-0.05, 0) is 30.2 Å². The third kappa shape index (κ3) is 1.67. The summed E-state index contributed by atoms with van der Waals surface area (Å²) < 4.78 is 0. The van der Waals surface area contributed by atoms with Crippen molar-refractivity contribution < 1.29 is 5.11 Å². The lowest BCUT2D eigenvalue weighted by Crippen LogP contribution is -1.92. The summed E-state index contributed by atoms with van der Waals surface area (Å²) in [5.74, 6) is 1.34. The highest BCUT2D eigenvalue weighted by atomic mass is 16.3. The van der Waals surface area contributed by atoms with Crippen molar-refractivity contribution in [1.29, 1.82) is 0 Å². The Morgan fingerprint density at radius 3 is 2.50 bits per heavy atom. The Morgan fingerprint density at radius 2 is 1.92 bits per heavy atom. The quantitative estimate of drug-likeness (QED) is 0.719. The van der Waals surface area contributed by atoms with Crippen molar-refractivity contribution in [2.45, 2.75) is 12.8 Å². The van der Waals surface area contributed by atoms with Crippen LogP contribution in [0.15, 0.2) is 30.3 Å². The maximum absolute atomic E-state index is 8.85. The van der Waals surface area contributed by atoms with Gasteiger partial charge in [-0.15, -0.1) is 0 Å². The molecular formula is C11H14O. The van der Waals surface area contributed by atoms with E-state index in [0.717, 1.165) is 12.3 Å². The van der Waals surface area contributed by atoms with Crippen LogP contribution < -0.4 is 0 Å². The molecule has 0 radical (unpaired) electrons. The van der Waals surface area contributed by atoms with E-state index < -0.39 is 0 Å².